The summed E-state index contributed by atoms with van der Waals surface area (Å²) < 4.78 is 14.4. The van der Waals surface area contributed by atoms with Gasteiger partial charge in [0.15, 0.2) is 6.29 Å². The Labute approximate surface area is 57.5 Å². The van der Waals surface area contributed by atoms with Gasteiger partial charge in [-0.2, -0.15) is 0 Å². The van der Waals surface area contributed by atoms with E-state index in [-0.39, 0.29) is 6.29 Å². The van der Waals surface area contributed by atoms with Crippen molar-refractivity contribution in [2.24, 2.45) is 0 Å². The summed E-state index contributed by atoms with van der Waals surface area (Å²) in [6.07, 6.45) is 0.0374. The largest absolute Gasteiger partial charge is 0.325 e. The molecule has 10 heavy (non-hydrogen) atoms. The molecule has 0 aromatic heterocycles. The average molecular weight is 166 g/mol. The van der Waals surface area contributed by atoms with Crippen LogP contribution in [0.2, 0.25) is 0 Å². The monoisotopic (exact) mass is 166 g/mol. The second-order valence-electron chi connectivity index (χ2n) is 1.66. The maximum absolute atomic E-state index is 10.3. The Morgan fingerprint density at radius 2 is 2.30 bits per heavy atom. The lowest BCUT2D eigenvalue weighted by Gasteiger charge is -2.02. The first kappa shape index (κ1) is 9.49. The molecule has 5 nitrogen and oxygen atoms in total. The molecule has 58 valence electrons. The van der Waals surface area contributed by atoms with Crippen molar-refractivity contribution >= 4 is 19.7 Å². The van der Waals surface area contributed by atoms with E-state index in [1.807, 2.05) is 0 Å². The third-order valence-corrected chi connectivity index (χ3v) is 1.19. The van der Waals surface area contributed by atoms with Gasteiger partial charge in [0.25, 0.3) is 0 Å². The van der Waals surface area contributed by atoms with Crippen molar-refractivity contribution in [3.63, 3.8) is 0 Å². The molecular formula is C4H7O5P. The second-order valence-corrected chi connectivity index (χ2v) is 3.52. The predicted octanol–water partition coefficient (Wildman–Crippen LogP) is -0.414. The van der Waals surface area contributed by atoms with Crippen LogP contribution in [-0.4, -0.2) is 30.2 Å². The van der Waals surface area contributed by atoms with Gasteiger partial charge in [-0.15, -0.1) is 0 Å². The lowest BCUT2D eigenvalue weighted by Crippen LogP contribution is -2.07. The molecule has 0 amide bonds. The number of carbonyl (C=O) groups excluding carboxylic acids is 2. The summed E-state index contributed by atoms with van der Waals surface area (Å²) in [5, 5.41) is 0. The summed E-state index contributed by atoms with van der Waals surface area (Å²) in [4.78, 5) is 28.2. The summed E-state index contributed by atoms with van der Waals surface area (Å²) in [5.74, 6) is -0.851. The fourth-order valence-electron chi connectivity index (χ4n) is 0.217. The number of hydrogen-bond acceptors (Lipinski definition) is 4. The third-order valence-electron chi connectivity index (χ3n) is 0.578. The number of carbonyl (C=O) groups is 2. The molecule has 0 aliphatic carbocycles. The molecule has 0 radical (unpaired) electrons. The summed E-state index contributed by atoms with van der Waals surface area (Å²) >= 11 is 0. The van der Waals surface area contributed by atoms with Gasteiger partial charge in [-0.05, 0) is 0 Å². The van der Waals surface area contributed by atoms with E-state index in [4.69, 9.17) is 4.89 Å². The Kier molecular flexibility index (Phi) is 3.42. The number of ketones is 1. The van der Waals surface area contributed by atoms with E-state index in [9.17, 15) is 14.2 Å². The zero-order chi connectivity index (χ0) is 8.20. The van der Waals surface area contributed by atoms with Crippen LogP contribution in [0.4, 0.5) is 0 Å². The first-order valence-corrected chi connectivity index (χ1v) is 4.41. The molecule has 0 aliphatic rings. The third kappa shape index (κ3) is 5.62. The zero-order valence-electron chi connectivity index (χ0n) is 5.31. The number of aldehydes is 1. The average Bonchev–Trinajstić information content (AvgIpc) is 1.81. The van der Waals surface area contributed by atoms with Gasteiger partial charge in [0.05, 0.1) is 0 Å². The highest BCUT2D eigenvalue weighted by Crippen LogP contribution is 2.35. The fourth-order valence-corrected chi connectivity index (χ4v) is 0.584. The van der Waals surface area contributed by atoms with E-state index in [1.165, 1.54) is 0 Å². The van der Waals surface area contributed by atoms with Crippen LogP contribution < -0.4 is 0 Å². The van der Waals surface area contributed by atoms with Crippen LogP contribution in [0.5, 0.6) is 0 Å². The highest BCUT2D eigenvalue weighted by Gasteiger charge is 2.11. The van der Waals surface area contributed by atoms with E-state index in [2.05, 4.69) is 4.52 Å². The van der Waals surface area contributed by atoms with Crippen molar-refractivity contribution in [2.45, 2.75) is 0 Å². The van der Waals surface area contributed by atoms with Gasteiger partial charge in [0, 0.05) is 6.66 Å². The topological polar surface area (TPSA) is 80.7 Å². The molecule has 0 rings (SSSR count). The first-order chi connectivity index (χ1) is 4.45. The van der Waals surface area contributed by atoms with E-state index >= 15 is 0 Å². The van der Waals surface area contributed by atoms with Crippen molar-refractivity contribution in [1.82, 2.24) is 0 Å². The minimum atomic E-state index is -3.61. The molecule has 1 atom stereocenters. The molecule has 0 aromatic carbocycles. The van der Waals surface area contributed by atoms with Crippen molar-refractivity contribution in [2.75, 3.05) is 13.3 Å². The van der Waals surface area contributed by atoms with E-state index in [0.29, 0.717) is 0 Å². The van der Waals surface area contributed by atoms with Crippen LogP contribution in [0.1, 0.15) is 0 Å². The van der Waals surface area contributed by atoms with Crippen LogP contribution in [0.15, 0.2) is 0 Å². The summed E-state index contributed by atoms with van der Waals surface area (Å²) in [5.41, 5.74) is 0. The van der Waals surface area contributed by atoms with Crippen molar-refractivity contribution in [3.05, 3.63) is 0 Å². The van der Waals surface area contributed by atoms with Crippen LogP contribution in [0.25, 0.3) is 0 Å². The zero-order valence-corrected chi connectivity index (χ0v) is 6.21. The van der Waals surface area contributed by atoms with Gasteiger partial charge in [-0.1, -0.05) is 0 Å². The minimum absolute atomic E-state index is 0.0374. The molecule has 0 bridgehead atoms. The second kappa shape index (κ2) is 3.61. The maximum Gasteiger partial charge on any atom is 0.325 e. The highest BCUT2D eigenvalue weighted by atomic mass is 31.2. The molecule has 0 aromatic rings. The van der Waals surface area contributed by atoms with Crippen LogP contribution >= 0.6 is 7.60 Å². The van der Waals surface area contributed by atoms with E-state index < -0.39 is 20.0 Å². The van der Waals surface area contributed by atoms with Gasteiger partial charge < -0.3 is 9.42 Å². The van der Waals surface area contributed by atoms with Crippen molar-refractivity contribution in [3.8, 4) is 0 Å². The Hall–Kier alpha value is -0.510. The Balaban J connectivity index is 3.66. The molecule has 0 aliphatic heterocycles. The lowest BCUT2D eigenvalue weighted by atomic mass is 10.5. The number of rotatable bonds is 4. The van der Waals surface area contributed by atoms with Gasteiger partial charge in [0.1, 0.15) is 6.61 Å². The SMILES string of the molecule is CP(=O)(O)OCC(=O)C=O. The number of Topliss-reactive ketones (excluding diaryl/α,β-unsaturated/α-hetero) is 1. The molecular weight excluding hydrogens is 159 g/mol. The molecule has 0 heterocycles. The minimum Gasteiger partial charge on any atom is -0.324 e. The standard InChI is InChI=1S/C4H7O5P/c1-10(7,8)9-3-4(6)2-5/h2H,3H2,1H3,(H,7,8). The van der Waals surface area contributed by atoms with Crippen molar-refractivity contribution in [1.29, 1.82) is 0 Å². The summed E-state index contributed by atoms with van der Waals surface area (Å²) in [6.45, 7) is 0.304. The molecule has 0 saturated carbocycles. The lowest BCUT2D eigenvalue weighted by molar-refractivity contribution is -0.131. The number of hydrogen-bond donors (Lipinski definition) is 1. The van der Waals surface area contributed by atoms with Gasteiger partial charge in [0.2, 0.25) is 5.78 Å². The quantitative estimate of drug-likeness (QED) is 0.348. The normalized spacial score (nSPS) is 15.8. The van der Waals surface area contributed by atoms with E-state index in [0.717, 1.165) is 6.66 Å². The molecule has 1 N–H and O–H groups in total. The van der Waals surface area contributed by atoms with Crippen LogP contribution in [-0.2, 0) is 18.7 Å². The van der Waals surface area contributed by atoms with Crippen molar-refractivity contribution < 1.29 is 23.6 Å². The van der Waals surface area contributed by atoms with Crippen LogP contribution in [0.3, 0.4) is 0 Å². The van der Waals surface area contributed by atoms with E-state index in [1.54, 1.807) is 0 Å². The predicted molar refractivity (Wildman–Crippen MR) is 32.8 cm³/mol. The molecule has 1 unspecified atom stereocenters. The molecule has 0 fully saturated rings. The van der Waals surface area contributed by atoms with Gasteiger partial charge in [-0.25, -0.2) is 0 Å². The molecule has 0 saturated heterocycles. The summed E-state index contributed by atoms with van der Waals surface area (Å²) in [7, 11) is -3.61. The molecule has 0 spiro atoms. The Morgan fingerprint density at radius 3 is 2.60 bits per heavy atom. The Morgan fingerprint density at radius 1 is 1.80 bits per heavy atom. The first-order valence-electron chi connectivity index (χ1n) is 2.38. The maximum atomic E-state index is 10.3. The van der Waals surface area contributed by atoms with Gasteiger partial charge in [-0.3, -0.25) is 14.2 Å². The smallest absolute Gasteiger partial charge is 0.324 e. The Bertz CT molecular complexity index is 180. The summed E-state index contributed by atoms with van der Waals surface area (Å²) in [6, 6.07) is 0. The van der Waals surface area contributed by atoms with Crippen LogP contribution in [0, 0.1) is 0 Å². The highest BCUT2D eigenvalue weighted by molar-refractivity contribution is 7.51. The molecule has 6 heteroatoms. The van der Waals surface area contributed by atoms with Gasteiger partial charge >= 0.3 is 7.60 Å². The fraction of sp³-hybridized carbons (Fsp3) is 0.500.